The predicted molar refractivity (Wildman–Crippen MR) is 318 cm³/mol. The average molecular weight is 1180 g/mol. The summed E-state index contributed by atoms with van der Waals surface area (Å²) in [7, 11) is -1.37. The van der Waals surface area contributed by atoms with Crippen LogP contribution in [0.25, 0.3) is 0 Å². The van der Waals surface area contributed by atoms with E-state index in [4.69, 9.17) is 49.0 Å². The molecule has 18 nitrogen and oxygen atoms in total. The fraction of sp³-hybridized carbons (Fsp3) is 0.581. The van der Waals surface area contributed by atoms with Crippen molar-refractivity contribution in [3.8, 4) is 23.0 Å². The van der Waals surface area contributed by atoms with E-state index in [2.05, 4.69) is 75.6 Å². The second kappa shape index (κ2) is 29.5. The number of methoxy groups -OCH3 is 4. The number of hydrogen-bond acceptors (Lipinski definition) is 16. The van der Waals surface area contributed by atoms with Crippen LogP contribution >= 0.6 is 0 Å². The molecule has 2 saturated heterocycles. The Bertz CT molecular complexity index is 2900. The molecule has 0 radical (unpaired) electrons. The number of nitrogens with zero attached hydrogens (tertiary/aromatic N) is 2. The van der Waals surface area contributed by atoms with Crippen LogP contribution in [-0.4, -0.2) is 127 Å². The largest absolute Gasteiger partial charge is 0.493 e. The number of carbonyl (C=O) groups is 2. The Morgan fingerprint density at radius 2 is 1.06 bits per heavy atom. The molecule has 456 valence electrons. The molecule has 4 aliphatic rings. The molecular weight excluding hydrogens is 1090 g/mol. The number of fused-ring (bicyclic) bond motifs is 6. The van der Waals surface area contributed by atoms with Gasteiger partial charge in [-0.1, -0.05) is 90.8 Å². The van der Waals surface area contributed by atoms with Crippen molar-refractivity contribution in [2.24, 2.45) is 40.6 Å². The van der Waals surface area contributed by atoms with Gasteiger partial charge in [0, 0.05) is 57.0 Å². The maximum atomic E-state index is 12.8. The molecule has 2 fully saturated rings. The zero-order chi connectivity index (χ0) is 61.0. The zero-order valence-corrected chi connectivity index (χ0v) is 52.3. The van der Waals surface area contributed by atoms with E-state index in [0.717, 1.165) is 105 Å². The Balaban J connectivity index is 0.000000221. The minimum absolute atomic E-state index is 0.0632. The van der Waals surface area contributed by atoms with Crippen LogP contribution in [0.1, 0.15) is 133 Å². The summed E-state index contributed by atoms with van der Waals surface area (Å²) in [5.74, 6) is 3.89. The predicted octanol–water partition coefficient (Wildman–Crippen LogP) is 9.76. The fourth-order valence-electron chi connectivity index (χ4n) is 11.4. The summed E-state index contributed by atoms with van der Waals surface area (Å²) in [6.07, 6.45) is 6.10. The fourth-order valence-corrected chi connectivity index (χ4v) is 12.4. The van der Waals surface area contributed by atoms with Crippen LogP contribution < -0.4 is 30.4 Å². The van der Waals surface area contributed by atoms with Crippen molar-refractivity contribution < 1.29 is 64.0 Å². The number of carbonyl (C=O) groups excluding carboxylic acids is 2. The highest BCUT2D eigenvalue weighted by molar-refractivity contribution is 7.86. The molecule has 3 unspecified atom stereocenters. The van der Waals surface area contributed by atoms with Gasteiger partial charge in [-0.3, -0.25) is 28.5 Å². The van der Waals surface area contributed by atoms with Gasteiger partial charge in [0.25, 0.3) is 20.2 Å². The molecule has 0 spiro atoms. The van der Waals surface area contributed by atoms with Crippen LogP contribution in [0.15, 0.2) is 82.6 Å². The number of aryl methyl sites for hydroxylation is 2. The van der Waals surface area contributed by atoms with E-state index in [9.17, 15) is 26.4 Å². The lowest BCUT2D eigenvalue weighted by Gasteiger charge is -2.47. The van der Waals surface area contributed by atoms with Crippen molar-refractivity contribution in [1.82, 2.24) is 9.80 Å². The van der Waals surface area contributed by atoms with Crippen molar-refractivity contribution in [2.45, 2.75) is 160 Å². The maximum absolute atomic E-state index is 12.8. The SMILES string of the molecule is COc1cc2c(cc1OC)C1C[C@@H](OC(=O)C(N)C(C)(C)CC(C)C)CCN1CC2.COc1cc2c(cc1OC)[C@H]1C[C@@H](OC(=O)C(N)C(C)C)[C@H](CC(C)C)CN1CC2.Cc1ccc(S(=O)(=O)O)cc1.Cc1ccc(S(=O)(=O)O)cc1. The Morgan fingerprint density at radius 3 is 1.48 bits per heavy atom. The van der Waals surface area contributed by atoms with Gasteiger partial charge in [0.05, 0.1) is 38.2 Å². The van der Waals surface area contributed by atoms with Crippen LogP contribution in [0, 0.1) is 42.9 Å². The van der Waals surface area contributed by atoms with E-state index in [1.54, 1.807) is 52.7 Å². The summed E-state index contributed by atoms with van der Waals surface area (Å²) in [6.45, 7) is 24.3. The Labute approximate surface area is 488 Å². The zero-order valence-electron chi connectivity index (χ0n) is 50.6. The van der Waals surface area contributed by atoms with Crippen molar-refractivity contribution in [3.63, 3.8) is 0 Å². The van der Waals surface area contributed by atoms with E-state index >= 15 is 0 Å². The molecule has 6 N–H and O–H groups in total. The first-order chi connectivity index (χ1) is 38.4. The number of benzene rings is 4. The lowest BCUT2D eigenvalue weighted by atomic mass is 9.78. The van der Waals surface area contributed by atoms with Gasteiger partial charge in [0.15, 0.2) is 23.0 Å². The van der Waals surface area contributed by atoms with Crippen LogP contribution in [0.5, 0.6) is 23.0 Å². The topological polar surface area (TPSA) is 257 Å². The van der Waals surface area contributed by atoms with E-state index in [1.807, 2.05) is 27.7 Å². The number of nitrogens with two attached hydrogens (primary N) is 2. The second-order valence-electron chi connectivity index (χ2n) is 24.0. The van der Waals surface area contributed by atoms with Gasteiger partial charge < -0.3 is 39.9 Å². The first-order valence-electron chi connectivity index (χ1n) is 28.4. The summed E-state index contributed by atoms with van der Waals surface area (Å²) in [5.41, 5.74) is 19.1. The molecule has 0 amide bonds. The minimum Gasteiger partial charge on any atom is -0.493 e. The summed E-state index contributed by atoms with van der Waals surface area (Å²) >= 11 is 0. The summed E-state index contributed by atoms with van der Waals surface area (Å²) in [6, 6.07) is 19.6. The molecule has 0 bridgehead atoms. The number of rotatable bonds is 16. The van der Waals surface area contributed by atoms with E-state index in [0.29, 0.717) is 17.8 Å². The third-order valence-corrected chi connectivity index (χ3v) is 17.6. The van der Waals surface area contributed by atoms with Gasteiger partial charge in [0.2, 0.25) is 0 Å². The molecular formula is C62H92N4O14S2. The lowest BCUT2D eigenvalue weighted by molar-refractivity contribution is -0.160. The van der Waals surface area contributed by atoms with Crippen LogP contribution in [-0.2, 0) is 52.1 Å². The smallest absolute Gasteiger partial charge is 0.323 e. The molecule has 4 aliphatic heterocycles. The van der Waals surface area contributed by atoms with E-state index < -0.39 is 32.3 Å². The highest BCUT2D eigenvalue weighted by atomic mass is 32.2. The van der Waals surface area contributed by atoms with Crippen molar-refractivity contribution in [3.05, 3.63) is 106 Å². The van der Waals surface area contributed by atoms with Gasteiger partial charge in [-0.2, -0.15) is 16.8 Å². The van der Waals surface area contributed by atoms with Crippen LogP contribution in [0.3, 0.4) is 0 Å². The molecule has 7 atom stereocenters. The van der Waals surface area contributed by atoms with Gasteiger partial charge >= 0.3 is 11.9 Å². The summed E-state index contributed by atoms with van der Waals surface area (Å²) in [4.78, 5) is 30.4. The van der Waals surface area contributed by atoms with Crippen molar-refractivity contribution in [1.29, 1.82) is 0 Å². The van der Waals surface area contributed by atoms with Crippen LogP contribution in [0.4, 0.5) is 0 Å². The van der Waals surface area contributed by atoms with Crippen molar-refractivity contribution >= 4 is 32.2 Å². The summed E-state index contributed by atoms with van der Waals surface area (Å²) < 4.78 is 93.2. The van der Waals surface area contributed by atoms with Crippen molar-refractivity contribution in [2.75, 3.05) is 54.6 Å². The van der Waals surface area contributed by atoms with Gasteiger partial charge in [-0.15, -0.1) is 0 Å². The quantitative estimate of drug-likeness (QED) is 0.0601. The Morgan fingerprint density at radius 1 is 0.622 bits per heavy atom. The highest BCUT2D eigenvalue weighted by Crippen LogP contribution is 2.46. The number of hydrogen-bond donors (Lipinski definition) is 4. The number of ether oxygens (including phenoxy) is 6. The molecule has 8 rings (SSSR count). The minimum atomic E-state index is -4.02. The third kappa shape index (κ3) is 18.3. The van der Waals surface area contributed by atoms with Gasteiger partial charge in [-0.25, -0.2) is 0 Å². The van der Waals surface area contributed by atoms with E-state index in [-0.39, 0.29) is 57.4 Å². The Kier molecular flexibility index (Phi) is 24.2. The van der Waals surface area contributed by atoms with Crippen LogP contribution in [0.2, 0.25) is 0 Å². The summed E-state index contributed by atoms with van der Waals surface area (Å²) in [5, 5.41) is 0. The molecule has 4 aromatic rings. The molecule has 0 aliphatic carbocycles. The number of piperidine rings is 2. The number of esters is 2. The first kappa shape index (κ1) is 67.5. The molecule has 4 heterocycles. The maximum Gasteiger partial charge on any atom is 0.323 e. The second-order valence-corrected chi connectivity index (χ2v) is 26.8. The molecule has 82 heavy (non-hydrogen) atoms. The standard InChI is InChI=1S/2C24H38N2O4.2C7H8O3S/c1-15(2)14-24(3,4)22(25)23(27)30-17-8-10-26-9-7-16-11-20(28-5)21(29-6)13-18(16)19(26)12-17;1-14(2)9-17-13-26-8-7-16-10-21(28-5)22(29-6)11-18(16)19(26)12-20(17)30-24(27)23(25)15(3)4;2*1-6-2-4-7(5-3-6)11(8,9)10/h11,13,15,17,19,22H,7-10,12,14,25H2,1-6H3;10-11,14-15,17,19-20,23H,7-9,12-13,25H2,1-6H3;2*2-5H,1H3,(H,8,9,10)/t17-,19?,22?;17-,19-,20-,23?;;/m01../s1. The first-order valence-corrected chi connectivity index (χ1v) is 31.3. The van der Waals surface area contributed by atoms with E-state index in [1.165, 1.54) is 46.5 Å². The Hall–Kier alpha value is -5.32. The van der Waals surface area contributed by atoms with Gasteiger partial charge in [0.1, 0.15) is 24.3 Å². The molecule has 4 aromatic carbocycles. The lowest BCUT2D eigenvalue weighted by Crippen LogP contribution is -2.51. The monoisotopic (exact) mass is 1180 g/mol. The van der Waals surface area contributed by atoms with Gasteiger partial charge in [-0.05, 0) is 140 Å². The molecule has 20 heteroatoms. The highest BCUT2D eigenvalue weighted by Gasteiger charge is 2.43. The third-order valence-electron chi connectivity index (χ3n) is 15.9. The molecule has 0 aromatic heterocycles. The molecule has 0 saturated carbocycles. The normalized spacial score (nSPS) is 20.5. The average Bonchev–Trinajstić information content (AvgIpc) is 3.50.